The molecule has 0 aliphatic rings. The van der Waals surface area contributed by atoms with Crippen LogP contribution >= 0.6 is 0 Å². The van der Waals surface area contributed by atoms with Gasteiger partial charge in [-0.15, -0.1) is 0 Å². The third-order valence-corrected chi connectivity index (χ3v) is 2.45. The molecule has 90 valence electrons. The first-order valence-electron chi connectivity index (χ1n) is 5.34. The van der Waals surface area contributed by atoms with Gasteiger partial charge in [0.05, 0.1) is 6.04 Å². The Morgan fingerprint density at radius 3 is 2.71 bits per heavy atom. The van der Waals surface area contributed by atoms with E-state index >= 15 is 0 Å². The minimum Gasteiger partial charge on any atom is -0.337 e. The Bertz CT molecular complexity index is 488. The van der Waals surface area contributed by atoms with Crippen molar-refractivity contribution < 1.29 is 4.52 Å². The lowest BCUT2D eigenvalue weighted by molar-refractivity contribution is 0.253. The molecule has 0 amide bonds. The van der Waals surface area contributed by atoms with E-state index in [4.69, 9.17) is 10.3 Å². The van der Waals surface area contributed by atoms with E-state index in [2.05, 4.69) is 20.1 Å². The van der Waals surface area contributed by atoms with Crippen LogP contribution in [0, 0.1) is 5.41 Å². The smallest absolute Gasteiger partial charge is 0.244 e. The first-order chi connectivity index (χ1) is 7.98. The van der Waals surface area contributed by atoms with E-state index < -0.39 is 0 Å². The van der Waals surface area contributed by atoms with Crippen molar-refractivity contribution >= 4 is 0 Å². The summed E-state index contributed by atoms with van der Waals surface area (Å²) in [6.45, 7) is 6.06. The summed E-state index contributed by atoms with van der Waals surface area (Å²) in [5.41, 5.74) is 6.53. The van der Waals surface area contributed by atoms with Gasteiger partial charge in [0, 0.05) is 6.20 Å². The summed E-state index contributed by atoms with van der Waals surface area (Å²) >= 11 is 0. The lowest BCUT2D eigenvalue weighted by Crippen LogP contribution is -2.26. The van der Waals surface area contributed by atoms with E-state index in [0.717, 1.165) is 0 Å². The summed E-state index contributed by atoms with van der Waals surface area (Å²) in [5, 5.41) is 3.86. The van der Waals surface area contributed by atoms with Crippen molar-refractivity contribution in [3.05, 3.63) is 24.5 Å². The minimum atomic E-state index is -0.300. The molecular weight excluding hydrogens is 218 g/mol. The molecule has 0 aromatic carbocycles. The van der Waals surface area contributed by atoms with Gasteiger partial charge in [-0.2, -0.15) is 4.98 Å². The van der Waals surface area contributed by atoms with Crippen molar-refractivity contribution in [3.63, 3.8) is 0 Å². The Kier molecular flexibility index (Phi) is 2.89. The standard InChI is InChI=1S/C11H15N5O/c1-11(2,3)8(12)10-15-9(16-17-10)7-4-5-13-6-14-7/h4-6,8H,12H2,1-3H3/t8-/m1/s1. The monoisotopic (exact) mass is 233 g/mol. The zero-order valence-electron chi connectivity index (χ0n) is 10.1. The molecule has 0 bridgehead atoms. The molecule has 2 heterocycles. The van der Waals surface area contributed by atoms with Gasteiger partial charge in [-0.25, -0.2) is 9.97 Å². The molecule has 17 heavy (non-hydrogen) atoms. The molecule has 0 spiro atoms. The van der Waals surface area contributed by atoms with Crippen molar-refractivity contribution in [2.45, 2.75) is 26.8 Å². The van der Waals surface area contributed by atoms with Gasteiger partial charge in [0.15, 0.2) is 0 Å². The highest BCUT2D eigenvalue weighted by Crippen LogP contribution is 2.29. The molecule has 6 heteroatoms. The Morgan fingerprint density at radius 2 is 2.12 bits per heavy atom. The highest BCUT2D eigenvalue weighted by atomic mass is 16.5. The minimum absolute atomic E-state index is 0.129. The zero-order valence-corrected chi connectivity index (χ0v) is 10.1. The summed E-state index contributed by atoms with van der Waals surface area (Å²) < 4.78 is 5.16. The van der Waals surface area contributed by atoms with Gasteiger partial charge < -0.3 is 10.3 Å². The number of nitrogens with two attached hydrogens (primary N) is 1. The maximum Gasteiger partial charge on any atom is 0.244 e. The number of rotatable bonds is 2. The quantitative estimate of drug-likeness (QED) is 0.846. The van der Waals surface area contributed by atoms with Crippen molar-refractivity contribution in [2.75, 3.05) is 0 Å². The van der Waals surface area contributed by atoms with Gasteiger partial charge >= 0.3 is 0 Å². The van der Waals surface area contributed by atoms with Crippen LogP contribution in [0.5, 0.6) is 0 Å². The first-order valence-corrected chi connectivity index (χ1v) is 5.34. The van der Waals surface area contributed by atoms with Crippen LogP contribution in [-0.2, 0) is 0 Å². The molecule has 0 aliphatic carbocycles. The van der Waals surface area contributed by atoms with Crippen LogP contribution in [0.1, 0.15) is 32.7 Å². The normalized spacial score (nSPS) is 13.6. The molecule has 2 rings (SSSR count). The van der Waals surface area contributed by atoms with E-state index in [9.17, 15) is 0 Å². The SMILES string of the molecule is CC(C)(C)[C@H](N)c1nc(-c2ccncn2)no1. The zero-order chi connectivity index (χ0) is 12.5. The van der Waals surface area contributed by atoms with Gasteiger partial charge in [0.1, 0.15) is 12.0 Å². The summed E-state index contributed by atoms with van der Waals surface area (Å²) in [5.74, 6) is 0.855. The summed E-state index contributed by atoms with van der Waals surface area (Å²) in [6, 6.07) is 1.42. The molecule has 6 nitrogen and oxygen atoms in total. The first kappa shape index (κ1) is 11.7. The van der Waals surface area contributed by atoms with E-state index in [1.54, 1.807) is 12.3 Å². The number of hydrogen-bond acceptors (Lipinski definition) is 6. The molecule has 0 fully saturated rings. The van der Waals surface area contributed by atoms with Gasteiger partial charge in [0.2, 0.25) is 11.7 Å². The molecule has 1 atom stereocenters. The molecule has 0 unspecified atom stereocenters. The summed E-state index contributed by atoms with van der Waals surface area (Å²) in [6.07, 6.45) is 3.07. The topological polar surface area (TPSA) is 90.7 Å². The highest BCUT2D eigenvalue weighted by Gasteiger charge is 2.27. The second-order valence-corrected chi connectivity index (χ2v) is 4.89. The van der Waals surface area contributed by atoms with Crippen LogP contribution in [0.4, 0.5) is 0 Å². The molecule has 0 saturated carbocycles. The van der Waals surface area contributed by atoms with Gasteiger partial charge in [-0.3, -0.25) is 0 Å². The van der Waals surface area contributed by atoms with Gasteiger partial charge in [0.25, 0.3) is 0 Å². The van der Waals surface area contributed by atoms with Crippen LogP contribution in [0.15, 0.2) is 23.1 Å². The predicted octanol–water partition coefficient (Wildman–Crippen LogP) is 1.57. The third kappa shape index (κ3) is 2.47. The maximum atomic E-state index is 6.03. The average molecular weight is 233 g/mol. The molecule has 0 saturated heterocycles. The van der Waals surface area contributed by atoms with E-state index in [-0.39, 0.29) is 11.5 Å². The van der Waals surface area contributed by atoms with Crippen molar-refractivity contribution in [1.29, 1.82) is 0 Å². The van der Waals surface area contributed by atoms with Crippen LogP contribution in [0.2, 0.25) is 0 Å². The van der Waals surface area contributed by atoms with E-state index in [1.807, 2.05) is 20.8 Å². The number of nitrogens with zero attached hydrogens (tertiary/aromatic N) is 4. The maximum absolute atomic E-state index is 6.03. The van der Waals surface area contributed by atoms with Crippen LogP contribution in [-0.4, -0.2) is 20.1 Å². The molecule has 2 aromatic heterocycles. The Morgan fingerprint density at radius 1 is 1.35 bits per heavy atom. The molecule has 0 radical (unpaired) electrons. The fourth-order valence-corrected chi connectivity index (χ4v) is 1.26. The highest BCUT2D eigenvalue weighted by molar-refractivity contribution is 5.46. The molecule has 2 aromatic rings. The molecule has 2 N–H and O–H groups in total. The Hall–Kier alpha value is -1.82. The van der Waals surface area contributed by atoms with Crippen LogP contribution in [0.25, 0.3) is 11.5 Å². The van der Waals surface area contributed by atoms with Gasteiger partial charge in [-0.1, -0.05) is 25.9 Å². The van der Waals surface area contributed by atoms with Crippen LogP contribution < -0.4 is 5.73 Å². The van der Waals surface area contributed by atoms with Crippen LogP contribution in [0.3, 0.4) is 0 Å². The molecule has 0 aliphatic heterocycles. The average Bonchev–Trinajstić information content (AvgIpc) is 2.77. The van der Waals surface area contributed by atoms with Crippen molar-refractivity contribution in [3.8, 4) is 11.5 Å². The van der Waals surface area contributed by atoms with Gasteiger partial charge in [-0.05, 0) is 11.5 Å². The second kappa shape index (κ2) is 4.21. The molecular formula is C11H15N5O. The largest absolute Gasteiger partial charge is 0.337 e. The predicted molar refractivity (Wildman–Crippen MR) is 61.7 cm³/mol. The summed E-state index contributed by atoms with van der Waals surface area (Å²) in [7, 11) is 0. The number of hydrogen-bond donors (Lipinski definition) is 1. The van der Waals surface area contributed by atoms with E-state index in [0.29, 0.717) is 17.4 Å². The second-order valence-electron chi connectivity index (χ2n) is 4.89. The van der Waals surface area contributed by atoms with Crippen molar-refractivity contribution in [2.24, 2.45) is 11.1 Å². The third-order valence-electron chi connectivity index (χ3n) is 2.45. The lowest BCUT2D eigenvalue weighted by atomic mass is 9.87. The summed E-state index contributed by atoms with van der Waals surface area (Å²) in [4.78, 5) is 12.1. The lowest BCUT2D eigenvalue weighted by Gasteiger charge is -2.23. The van der Waals surface area contributed by atoms with Crippen molar-refractivity contribution in [1.82, 2.24) is 20.1 Å². The number of aromatic nitrogens is 4. The Balaban J connectivity index is 2.28. The fourth-order valence-electron chi connectivity index (χ4n) is 1.26. The fraction of sp³-hybridized carbons (Fsp3) is 0.455. The van der Waals surface area contributed by atoms with E-state index in [1.165, 1.54) is 6.33 Å². The Labute approximate surface area is 99.3 Å².